The van der Waals surface area contributed by atoms with Crippen LogP contribution in [0.4, 0.5) is 0 Å². The molecule has 6 nitrogen and oxygen atoms in total. The van der Waals surface area contributed by atoms with Crippen LogP contribution in [-0.2, 0) is 16.1 Å². The quantitative estimate of drug-likeness (QED) is 0.776. The Kier molecular flexibility index (Phi) is 5.90. The number of carbonyl (C=O) groups excluding carboxylic acids is 1. The van der Waals surface area contributed by atoms with E-state index < -0.39 is 0 Å². The van der Waals surface area contributed by atoms with Crippen LogP contribution in [-0.4, -0.2) is 41.3 Å². The van der Waals surface area contributed by atoms with E-state index in [1.165, 1.54) is 11.3 Å². The maximum absolute atomic E-state index is 12.5. The summed E-state index contributed by atoms with van der Waals surface area (Å²) in [4.78, 5) is 15.1. The largest absolute Gasteiger partial charge is 0.418 e. The third-order valence-electron chi connectivity index (χ3n) is 3.12. The molecule has 126 valence electrons. The topological polar surface area (TPSA) is 68.5 Å². The number of methoxy groups -OCH3 is 1. The molecule has 0 fully saturated rings. The highest BCUT2D eigenvalue weighted by Crippen LogP contribution is 2.24. The lowest BCUT2D eigenvalue weighted by molar-refractivity contribution is -0.134. The van der Waals surface area contributed by atoms with Gasteiger partial charge in [-0.2, -0.15) is 0 Å². The van der Waals surface area contributed by atoms with E-state index in [0.717, 1.165) is 4.88 Å². The number of nitrogens with zero attached hydrogens (tertiary/aromatic N) is 3. The van der Waals surface area contributed by atoms with Gasteiger partial charge in [-0.15, -0.1) is 21.5 Å². The zero-order chi connectivity index (χ0) is 16.9. The van der Waals surface area contributed by atoms with Crippen LogP contribution in [0.3, 0.4) is 0 Å². The normalized spacial score (nSPS) is 11.7. The molecular weight excluding hydrogens is 314 g/mol. The lowest BCUT2D eigenvalue weighted by atomic mass is 9.91. The molecule has 7 heteroatoms. The fourth-order valence-electron chi connectivity index (χ4n) is 2.04. The first-order chi connectivity index (χ1) is 10.9. The lowest BCUT2D eigenvalue weighted by Gasteiger charge is -2.25. The minimum Gasteiger partial charge on any atom is -0.418 e. The van der Waals surface area contributed by atoms with Crippen molar-refractivity contribution in [2.75, 3.05) is 20.3 Å². The predicted molar refractivity (Wildman–Crippen MR) is 89.0 cm³/mol. The van der Waals surface area contributed by atoms with Crippen LogP contribution in [0.2, 0.25) is 0 Å². The van der Waals surface area contributed by atoms with Crippen molar-refractivity contribution in [3.05, 3.63) is 23.4 Å². The van der Waals surface area contributed by atoms with E-state index >= 15 is 0 Å². The fraction of sp³-hybridized carbons (Fsp3) is 0.562. The molecular formula is C16H23N3O3S. The molecule has 0 spiro atoms. The smallest absolute Gasteiger partial charge is 0.257 e. The standard InChI is InChI=1S/C16H23N3O3S/c1-16(2,3)10-14(20)19(7-8-21-4)11-13-17-18-15(22-13)12-6-5-9-23-12/h5-6,9H,7-8,10-11H2,1-4H3. The predicted octanol–water partition coefficient (Wildman–Crippen LogP) is 3.21. The van der Waals surface area contributed by atoms with Crippen LogP contribution in [0.25, 0.3) is 10.8 Å². The van der Waals surface area contributed by atoms with E-state index in [1.807, 2.05) is 38.3 Å². The molecule has 0 aliphatic rings. The Hall–Kier alpha value is -1.73. The van der Waals surface area contributed by atoms with Gasteiger partial charge in [0, 0.05) is 20.1 Å². The maximum Gasteiger partial charge on any atom is 0.257 e. The Balaban J connectivity index is 2.06. The minimum atomic E-state index is -0.0701. The first kappa shape index (κ1) is 17.6. The van der Waals surface area contributed by atoms with Gasteiger partial charge in [0.05, 0.1) is 18.0 Å². The molecule has 0 N–H and O–H groups in total. The molecule has 23 heavy (non-hydrogen) atoms. The van der Waals surface area contributed by atoms with Crippen molar-refractivity contribution in [3.63, 3.8) is 0 Å². The second-order valence-electron chi connectivity index (χ2n) is 6.52. The molecule has 0 saturated carbocycles. The molecule has 2 rings (SSSR count). The minimum absolute atomic E-state index is 0.0606. The molecule has 0 aromatic carbocycles. The number of aromatic nitrogens is 2. The van der Waals surface area contributed by atoms with Gasteiger partial charge in [0.15, 0.2) is 0 Å². The molecule has 2 aromatic rings. The van der Waals surface area contributed by atoms with Crippen LogP contribution in [0.15, 0.2) is 21.9 Å². The van der Waals surface area contributed by atoms with E-state index in [4.69, 9.17) is 9.15 Å². The van der Waals surface area contributed by atoms with Gasteiger partial charge < -0.3 is 14.1 Å². The SMILES string of the molecule is COCCN(Cc1nnc(-c2cccs2)o1)C(=O)CC(C)(C)C. The van der Waals surface area contributed by atoms with E-state index in [-0.39, 0.29) is 11.3 Å². The lowest BCUT2D eigenvalue weighted by Crippen LogP contribution is -2.35. The van der Waals surface area contributed by atoms with Crippen molar-refractivity contribution in [2.45, 2.75) is 33.7 Å². The van der Waals surface area contributed by atoms with Crippen molar-refractivity contribution in [1.29, 1.82) is 0 Å². The highest BCUT2D eigenvalue weighted by atomic mass is 32.1. The molecule has 0 bridgehead atoms. The van der Waals surface area contributed by atoms with E-state index in [9.17, 15) is 4.79 Å². The van der Waals surface area contributed by atoms with E-state index in [0.29, 0.717) is 37.9 Å². The van der Waals surface area contributed by atoms with Crippen LogP contribution in [0.5, 0.6) is 0 Å². The number of amides is 1. The third kappa shape index (κ3) is 5.44. The molecule has 2 heterocycles. The van der Waals surface area contributed by atoms with Crippen LogP contribution in [0.1, 0.15) is 33.1 Å². The summed E-state index contributed by atoms with van der Waals surface area (Å²) in [6.07, 6.45) is 0.461. The summed E-state index contributed by atoms with van der Waals surface area (Å²) >= 11 is 1.54. The number of carbonyl (C=O) groups is 1. The zero-order valence-corrected chi connectivity index (χ0v) is 14.9. The zero-order valence-electron chi connectivity index (χ0n) is 14.0. The summed E-state index contributed by atoms with van der Waals surface area (Å²) < 4.78 is 10.8. The van der Waals surface area contributed by atoms with Crippen molar-refractivity contribution in [3.8, 4) is 10.8 Å². The maximum atomic E-state index is 12.5. The monoisotopic (exact) mass is 337 g/mol. The Morgan fingerprint density at radius 3 is 2.78 bits per heavy atom. The first-order valence-corrected chi connectivity index (χ1v) is 8.40. The molecule has 0 atom stereocenters. The summed E-state index contributed by atoms with van der Waals surface area (Å²) in [5.41, 5.74) is -0.0701. The second-order valence-corrected chi connectivity index (χ2v) is 7.47. The van der Waals surface area contributed by atoms with Crippen molar-refractivity contribution in [1.82, 2.24) is 15.1 Å². The Bertz CT molecular complexity index is 617. The number of hydrogen-bond donors (Lipinski definition) is 0. The number of ether oxygens (including phenoxy) is 1. The van der Waals surface area contributed by atoms with Crippen LogP contribution < -0.4 is 0 Å². The molecule has 0 saturated heterocycles. The molecule has 0 unspecified atom stereocenters. The number of hydrogen-bond acceptors (Lipinski definition) is 6. The van der Waals surface area contributed by atoms with Gasteiger partial charge in [-0.3, -0.25) is 4.79 Å². The average molecular weight is 337 g/mol. The van der Waals surface area contributed by atoms with Crippen molar-refractivity contribution in [2.24, 2.45) is 5.41 Å². The van der Waals surface area contributed by atoms with Crippen molar-refractivity contribution >= 4 is 17.2 Å². The first-order valence-electron chi connectivity index (χ1n) is 7.52. The summed E-state index contributed by atoms with van der Waals surface area (Å²) in [6.45, 7) is 7.41. The van der Waals surface area contributed by atoms with Gasteiger partial charge in [0.25, 0.3) is 5.89 Å². The summed E-state index contributed by atoms with van der Waals surface area (Å²) in [7, 11) is 1.62. The van der Waals surface area contributed by atoms with Gasteiger partial charge in [0.1, 0.15) is 0 Å². The van der Waals surface area contributed by atoms with E-state index in [1.54, 1.807) is 12.0 Å². The second kappa shape index (κ2) is 7.70. The molecule has 0 radical (unpaired) electrons. The third-order valence-corrected chi connectivity index (χ3v) is 3.98. The van der Waals surface area contributed by atoms with Gasteiger partial charge in [-0.1, -0.05) is 26.8 Å². The van der Waals surface area contributed by atoms with Gasteiger partial charge >= 0.3 is 0 Å². The number of rotatable bonds is 7. The van der Waals surface area contributed by atoms with Gasteiger partial charge in [-0.25, -0.2) is 0 Å². The molecule has 0 aliphatic heterocycles. The summed E-state index contributed by atoms with van der Waals surface area (Å²) in [5.74, 6) is 0.988. The van der Waals surface area contributed by atoms with Gasteiger partial charge in [0.2, 0.25) is 11.8 Å². The molecule has 2 aromatic heterocycles. The highest BCUT2D eigenvalue weighted by molar-refractivity contribution is 7.13. The molecule has 0 aliphatic carbocycles. The highest BCUT2D eigenvalue weighted by Gasteiger charge is 2.23. The summed E-state index contributed by atoms with van der Waals surface area (Å²) in [6, 6.07) is 3.86. The summed E-state index contributed by atoms with van der Waals surface area (Å²) in [5, 5.41) is 10.1. The Morgan fingerprint density at radius 2 is 2.17 bits per heavy atom. The van der Waals surface area contributed by atoms with Crippen molar-refractivity contribution < 1.29 is 13.9 Å². The number of thiophene rings is 1. The molecule has 1 amide bonds. The van der Waals surface area contributed by atoms with Crippen LogP contribution in [0, 0.1) is 5.41 Å². The Labute approximate surface area is 140 Å². The average Bonchev–Trinajstić information content (AvgIpc) is 3.12. The van der Waals surface area contributed by atoms with Gasteiger partial charge in [-0.05, 0) is 16.9 Å². The fourth-order valence-corrected chi connectivity index (χ4v) is 2.68. The van der Waals surface area contributed by atoms with Crippen LogP contribution >= 0.6 is 11.3 Å². The Morgan fingerprint density at radius 1 is 1.39 bits per heavy atom. The van der Waals surface area contributed by atoms with E-state index in [2.05, 4.69) is 10.2 Å².